The second-order valence-electron chi connectivity index (χ2n) is 5.24. The molecule has 1 heterocycles. The first-order valence-electron chi connectivity index (χ1n) is 7.41. The number of hydrogen-bond donors (Lipinski definition) is 2. The number of aromatic hydroxyl groups is 1. The molecule has 0 saturated heterocycles. The van der Waals surface area contributed by atoms with Crippen molar-refractivity contribution in [3.8, 4) is 5.75 Å². The van der Waals surface area contributed by atoms with Gasteiger partial charge in [-0.05, 0) is 41.6 Å². The number of rotatable bonds is 5. The first-order valence-corrected chi connectivity index (χ1v) is 8.29. The quantitative estimate of drug-likeness (QED) is 0.534. The normalized spacial score (nSPS) is 12.8. The second kappa shape index (κ2) is 7.11. The van der Waals surface area contributed by atoms with E-state index < -0.39 is 0 Å². The van der Waals surface area contributed by atoms with Crippen molar-refractivity contribution >= 4 is 17.0 Å². The summed E-state index contributed by atoms with van der Waals surface area (Å²) in [6, 6.07) is 21.4. The summed E-state index contributed by atoms with van der Waals surface area (Å²) in [7, 11) is 0. The van der Waals surface area contributed by atoms with Gasteiger partial charge in [0.25, 0.3) is 0 Å². The van der Waals surface area contributed by atoms with Crippen LogP contribution in [0.4, 0.5) is 0 Å². The van der Waals surface area contributed by atoms with Crippen LogP contribution in [0, 0.1) is 0 Å². The highest BCUT2D eigenvalue weighted by Gasteiger charge is 2.13. The number of phenolic OH excluding ortho intramolecular Hbond substituents is 1. The van der Waals surface area contributed by atoms with E-state index in [1.54, 1.807) is 23.5 Å². The molecule has 0 aliphatic heterocycles. The van der Waals surface area contributed by atoms with Crippen molar-refractivity contribution < 1.29 is 5.11 Å². The summed E-state index contributed by atoms with van der Waals surface area (Å²) in [5.74, 6) is 0.263. The number of thiophene rings is 1. The topological polar surface area (TPSA) is 44.6 Å². The molecule has 2 aromatic carbocycles. The van der Waals surface area contributed by atoms with E-state index in [2.05, 4.69) is 28.7 Å². The van der Waals surface area contributed by atoms with Crippen molar-refractivity contribution in [2.24, 2.45) is 5.10 Å². The minimum absolute atomic E-state index is 0.0632. The lowest BCUT2D eigenvalue weighted by Crippen LogP contribution is -2.18. The Morgan fingerprint density at radius 2 is 1.65 bits per heavy atom. The fraction of sp³-hybridized carbons (Fsp3) is 0.105. The Morgan fingerprint density at radius 3 is 2.30 bits per heavy atom. The molecule has 0 aliphatic carbocycles. The third-order valence-electron chi connectivity index (χ3n) is 3.60. The lowest BCUT2D eigenvalue weighted by Gasteiger charge is -2.18. The standard InChI is InChI=1S/C19H18N2OS/c1-14(18-8-5-13-23-18)20-21-19(15-6-3-2-4-7-15)16-9-11-17(22)12-10-16/h2-13,19,21-22H,1H3/b20-14+. The maximum absolute atomic E-state index is 9.51. The summed E-state index contributed by atoms with van der Waals surface area (Å²) < 4.78 is 0. The van der Waals surface area contributed by atoms with E-state index in [-0.39, 0.29) is 11.8 Å². The van der Waals surface area contributed by atoms with Gasteiger partial charge in [0.2, 0.25) is 0 Å². The zero-order chi connectivity index (χ0) is 16.1. The molecule has 2 N–H and O–H groups in total. The van der Waals surface area contributed by atoms with Crippen molar-refractivity contribution in [2.45, 2.75) is 13.0 Å². The van der Waals surface area contributed by atoms with Crippen LogP contribution in [0.5, 0.6) is 5.75 Å². The third-order valence-corrected chi connectivity index (χ3v) is 4.58. The molecule has 4 heteroatoms. The Hall–Kier alpha value is -2.59. The van der Waals surface area contributed by atoms with E-state index in [0.29, 0.717) is 0 Å². The van der Waals surface area contributed by atoms with Gasteiger partial charge in [0, 0.05) is 4.88 Å². The Kier molecular flexibility index (Phi) is 4.74. The van der Waals surface area contributed by atoms with E-state index in [1.165, 1.54) is 0 Å². The summed E-state index contributed by atoms with van der Waals surface area (Å²) in [5, 5.41) is 16.1. The smallest absolute Gasteiger partial charge is 0.115 e. The number of benzene rings is 2. The predicted molar refractivity (Wildman–Crippen MR) is 96.1 cm³/mol. The summed E-state index contributed by atoms with van der Waals surface area (Å²) in [6.07, 6.45) is 0. The fourth-order valence-electron chi connectivity index (χ4n) is 2.35. The summed E-state index contributed by atoms with van der Waals surface area (Å²) in [4.78, 5) is 1.15. The molecule has 0 aliphatic rings. The van der Waals surface area contributed by atoms with E-state index in [1.807, 2.05) is 48.7 Å². The molecule has 3 rings (SSSR count). The van der Waals surface area contributed by atoms with E-state index in [0.717, 1.165) is 21.7 Å². The molecule has 0 saturated carbocycles. The van der Waals surface area contributed by atoms with Gasteiger partial charge in [0.15, 0.2) is 0 Å². The maximum Gasteiger partial charge on any atom is 0.115 e. The first kappa shape index (κ1) is 15.3. The van der Waals surface area contributed by atoms with Crippen molar-refractivity contribution in [3.05, 3.63) is 88.1 Å². The molecule has 1 unspecified atom stereocenters. The van der Waals surface area contributed by atoms with Gasteiger partial charge in [-0.15, -0.1) is 11.3 Å². The van der Waals surface area contributed by atoms with E-state index in [9.17, 15) is 5.11 Å². The van der Waals surface area contributed by atoms with Crippen molar-refractivity contribution in [1.29, 1.82) is 0 Å². The van der Waals surface area contributed by atoms with Crippen LogP contribution in [0.1, 0.15) is 29.0 Å². The second-order valence-corrected chi connectivity index (χ2v) is 6.19. The van der Waals surface area contributed by atoms with Crippen LogP contribution in [-0.4, -0.2) is 10.8 Å². The van der Waals surface area contributed by atoms with Crippen molar-refractivity contribution in [2.75, 3.05) is 0 Å². The van der Waals surface area contributed by atoms with Gasteiger partial charge in [-0.25, -0.2) is 0 Å². The lowest BCUT2D eigenvalue weighted by atomic mass is 9.99. The third kappa shape index (κ3) is 3.79. The number of nitrogens with one attached hydrogen (secondary N) is 1. The Balaban J connectivity index is 1.89. The largest absolute Gasteiger partial charge is 0.508 e. The summed E-state index contributed by atoms with van der Waals surface area (Å²) in [6.45, 7) is 2.00. The molecule has 1 aromatic heterocycles. The van der Waals surface area contributed by atoms with Crippen LogP contribution >= 0.6 is 11.3 Å². The highest BCUT2D eigenvalue weighted by molar-refractivity contribution is 7.12. The highest BCUT2D eigenvalue weighted by Crippen LogP contribution is 2.24. The van der Waals surface area contributed by atoms with Crippen LogP contribution in [0.25, 0.3) is 0 Å². The first-order chi connectivity index (χ1) is 11.2. The Bertz CT molecular complexity index is 765. The lowest BCUT2D eigenvalue weighted by molar-refractivity contribution is 0.474. The molecule has 0 amide bonds. The predicted octanol–water partition coefficient (Wildman–Crippen LogP) is 4.56. The molecule has 0 radical (unpaired) electrons. The molecular weight excluding hydrogens is 304 g/mol. The fourth-order valence-corrected chi connectivity index (χ4v) is 3.03. The Morgan fingerprint density at radius 1 is 0.957 bits per heavy atom. The van der Waals surface area contributed by atoms with Gasteiger partial charge in [0.1, 0.15) is 5.75 Å². The maximum atomic E-state index is 9.51. The molecule has 3 nitrogen and oxygen atoms in total. The van der Waals surface area contributed by atoms with Crippen LogP contribution in [0.3, 0.4) is 0 Å². The van der Waals surface area contributed by atoms with Crippen molar-refractivity contribution in [1.82, 2.24) is 5.43 Å². The summed E-state index contributed by atoms with van der Waals surface area (Å²) in [5.41, 5.74) is 6.41. The van der Waals surface area contributed by atoms with Gasteiger partial charge in [-0.1, -0.05) is 48.5 Å². The van der Waals surface area contributed by atoms with E-state index >= 15 is 0 Å². The number of nitrogens with zero attached hydrogens (tertiary/aromatic N) is 1. The Labute approximate surface area is 139 Å². The number of hydrazone groups is 1. The minimum atomic E-state index is -0.0632. The summed E-state index contributed by atoms with van der Waals surface area (Å²) >= 11 is 1.67. The van der Waals surface area contributed by atoms with Crippen LogP contribution < -0.4 is 5.43 Å². The SMILES string of the molecule is C/C(=N\NC(c1ccccc1)c1ccc(O)cc1)c1cccs1. The number of phenols is 1. The molecule has 116 valence electrons. The molecular formula is C19H18N2OS. The average Bonchev–Trinajstić information content (AvgIpc) is 3.12. The molecule has 0 fully saturated rings. The van der Waals surface area contributed by atoms with Crippen LogP contribution in [-0.2, 0) is 0 Å². The zero-order valence-electron chi connectivity index (χ0n) is 12.8. The highest BCUT2D eigenvalue weighted by atomic mass is 32.1. The minimum Gasteiger partial charge on any atom is -0.508 e. The zero-order valence-corrected chi connectivity index (χ0v) is 13.6. The molecule has 1 atom stereocenters. The van der Waals surface area contributed by atoms with Crippen molar-refractivity contribution in [3.63, 3.8) is 0 Å². The molecule has 0 bridgehead atoms. The van der Waals surface area contributed by atoms with Gasteiger partial charge < -0.3 is 5.11 Å². The van der Waals surface area contributed by atoms with Gasteiger partial charge in [0.05, 0.1) is 11.8 Å². The van der Waals surface area contributed by atoms with Gasteiger partial charge >= 0.3 is 0 Å². The number of hydrogen-bond acceptors (Lipinski definition) is 4. The molecule has 0 spiro atoms. The molecule has 3 aromatic rings. The monoisotopic (exact) mass is 322 g/mol. The van der Waals surface area contributed by atoms with Gasteiger partial charge in [-0.3, -0.25) is 5.43 Å². The molecule has 23 heavy (non-hydrogen) atoms. The average molecular weight is 322 g/mol. The van der Waals surface area contributed by atoms with E-state index in [4.69, 9.17) is 0 Å². The van der Waals surface area contributed by atoms with Crippen LogP contribution in [0.15, 0.2) is 77.2 Å². The van der Waals surface area contributed by atoms with Gasteiger partial charge in [-0.2, -0.15) is 5.10 Å². The van der Waals surface area contributed by atoms with Crippen LogP contribution in [0.2, 0.25) is 0 Å².